The Bertz CT molecular complexity index is 1130. The van der Waals surface area contributed by atoms with E-state index in [1.165, 1.54) is 0 Å². The number of benzene rings is 2. The summed E-state index contributed by atoms with van der Waals surface area (Å²) in [7, 11) is 0. The molecule has 0 aliphatic heterocycles. The van der Waals surface area contributed by atoms with Crippen LogP contribution in [0.5, 0.6) is 0 Å². The van der Waals surface area contributed by atoms with Gasteiger partial charge in [0.15, 0.2) is 0 Å². The summed E-state index contributed by atoms with van der Waals surface area (Å²) >= 11 is 0. The fraction of sp³-hybridized carbons (Fsp3) is 0.143. The van der Waals surface area contributed by atoms with Crippen LogP contribution in [0.4, 0.5) is 5.69 Å². The second kappa shape index (κ2) is 8.64. The molecule has 3 rings (SSSR count). The molecule has 2 amide bonds. The zero-order valence-electron chi connectivity index (χ0n) is 15.0. The molecule has 0 spiro atoms. The Balaban J connectivity index is 1.50. The Hall–Kier alpha value is -3.92. The van der Waals surface area contributed by atoms with Gasteiger partial charge in [-0.05, 0) is 30.3 Å². The van der Waals surface area contributed by atoms with Gasteiger partial charge in [-0.25, -0.2) is 4.98 Å². The molecular weight excluding hydrogens is 356 g/mol. The fourth-order valence-corrected chi connectivity index (χ4v) is 2.64. The number of hydrogen-bond acceptors (Lipinski definition) is 4. The predicted octanol–water partition coefficient (Wildman–Crippen LogP) is 1.59. The van der Waals surface area contributed by atoms with Crippen molar-refractivity contribution in [1.29, 1.82) is 0 Å². The molecule has 0 radical (unpaired) electrons. The van der Waals surface area contributed by atoms with E-state index in [0.717, 1.165) is 0 Å². The van der Waals surface area contributed by atoms with E-state index in [1.54, 1.807) is 48.5 Å². The van der Waals surface area contributed by atoms with Crippen molar-refractivity contribution in [2.45, 2.75) is 12.8 Å². The Kier molecular flexibility index (Phi) is 5.82. The van der Waals surface area contributed by atoms with Crippen LogP contribution in [0, 0.1) is 12.3 Å². The highest BCUT2D eigenvalue weighted by molar-refractivity contribution is 5.94. The molecule has 0 aliphatic rings. The summed E-state index contributed by atoms with van der Waals surface area (Å²) in [5, 5.41) is 5.71. The highest BCUT2D eigenvalue weighted by atomic mass is 16.2. The highest BCUT2D eigenvalue weighted by Crippen LogP contribution is 2.09. The lowest BCUT2D eigenvalue weighted by Crippen LogP contribution is -2.33. The zero-order chi connectivity index (χ0) is 19.9. The molecule has 0 bridgehead atoms. The van der Waals surface area contributed by atoms with E-state index in [-0.39, 0.29) is 36.8 Å². The molecule has 2 aromatic carbocycles. The lowest BCUT2D eigenvalue weighted by atomic mass is 10.2. The molecule has 7 nitrogen and oxygen atoms in total. The molecule has 0 atom stereocenters. The molecule has 0 saturated carbocycles. The van der Waals surface area contributed by atoms with E-state index < -0.39 is 0 Å². The van der Waals surface area contributed by atoms with Crippen LogP contribution in [0.25, 0.3) is 10.9 Å². The minimum absolute atomic E-state index is 0.0984. The van der Waals surface area contributed by atoms with Crippen LogP contribution in [-0.2, 0) is 16.0 Å². The number of amides is 2. The van der Waals surface area contributed by atoms with Crippen molar-refractivity contribution in [3.63, 3.8) is 0 Å². The van der Waals surface area contributed by atoms with Crippen molar-refractivity contribution in [2.75, 3.05) is 11.9 Å². The number of para-hydroxylation sites is 1. The zero-order valence-corrected chi connectivity index (χ0v) is 15.0. The van der Waals surface area contributed by atoms with Crippen LogP contribution in [0.1, 0.15) is 17.8 Å². The molecule has 3 N–H and O–H groups in total. The molecule has 0 saturated heterocycles. The van der Waals surface area contributed by atoms with Crippen LogP contribution in [0.3, 0.4) is 0 Å². The van der Waals surface area contributed by atoms with Gasteiger partial charge in [0.05, 0.1) is 17.4 Å². The average molecular weight is 374 g/mol. The third kappa shape index (κ3) is 4.83. The number of nitrogens with one attached hydrogen (secondary N) is 3. The largest absolute Gasteiger partial charge is 0.347 e. The maximum atomic E-state index is 12.0. The van der Waals surface area contributed by atoms with Crippen molar-refractivity contribution in [1.82, 2.24) is 15.3 Å². The van der Waals surface area contributed by atoms with Gasteiger partial charge in [-0.15, -0.1) is 6.42 Å². The lowest BCUT2D eigenvalue weighted by Gasteiger charge is -2.07. The first-order valence-electron chi connectivity index (χ1n) is 8.66. The lowest BCUT2D eigenvalue weighted by molar-refractivity contribution is -0.124. The van der Waals surface area contributed by atoms with E-state index in [0.29, 0.717) is 28.0 Å². The van der Waals surface area contributed by atoms with Gasteiger partial charge >= 0.3 is 0 Å². The van der Waals surface area contributed by atoms with Crippen LogP contribution in [0.2, 0.25) is 0 Å². The van der Waals surface area contributed by atoms with Crippen LogP contribution < -0.4 is 16.2 Å². The second-order valence-corrected chi connectivity index (χ2v) is 6.08. The Labute approximate surface area is 161 Å². The second-order valence-electron chi connectivity index (χ2n) is 6.08. The van der Waals surface area contributed by atoms with Gasteiger partial charge in [-0.2, -0.15) is 0 Å². The summed E-state index contributed by atoms with van der Waals surface area (Å²) in [5.41, 5.74) is 1.55. The molecule has 28 heavy (non-hydrogen) atoms. The quantitative estimate of drug-likeness (QED) is 0.570. The standard InChI is InChI=1S/C21H18N4O3/c1-2-14-6-5-7-15(12-14)23-20(27)13-22-19(26)11-10-18-24-17-9-4-3-8-16(17)21(28)25-18/h1,3-9,12H,10-11,13H2,(H,22,26)(H,23,27)(H,24,25,28). The topological polar surface area (TPSA) is 104 Å². The number of fused-ring (bicyclic) bond motifs is 1. The first-order chi connectivity index (χ1) is 13.5. The van der Waals surface area contributed by atoms with Crippen molar-refractivity contribution >= 4 is 28.4 Å². The average Bonchev–Trinajstić information content (AvgIpc) is 2.71. The number of aromatic nitrogens is 2. The Morgan fingerprint density at radius 1 is 1.11 bits per heavy atom. The molecule has 140 valence electrons. The molecule has 1 heterocycles. The first kappa shape index (κ1) is 18.9. The third-order valence-electron chi connectivity index (χ3n) is 4.01. The molecule has 3 aromatic rings. The summed E-state index contributed by atoms with van der Waals surface area (Å²) in [6.45, 7) is -0.166. The number of nitrogens with zero attached hydrogens (tertiary/aromatic N) is 1. The van der Waals surface area contributed by atoms with E-state index >= 15 is 0 Å². The number of aromatic amines is 1. The van der Waals surface area contributed by atoms with Gasteiger partial charge in [0.2, 0.25) is 11.8 Å². The van der Waals surface area contributed by atoms with Gasteiger partial charge in [0.1, 0.15) is 5.82 Å². The smallest absolute Gasteiger partial charge is 0.258 e. The number of terminal acetylenes is 1. The number of rotatable bonds is 6. The summed E-state index contributed by atoms with van der Waals surface area (Å²) in [6, 6.07) is 13.9. The Morgan fingerprint density at radius 2 is 1.93 bits per heavy atom. The molecule has 0 fully saturated rings. The SMILES string of the molecule is C#Cc1cccc(NC(=O)CNC(=O)CCc2nc3ccccc3c(=O)[nH]2)c1. The van der Waals surface area contributed by atoms with Crippen molar-refractivity contribution in [2.24, 2.45) is 0 Å². The first-order valence-corrected chi connectivity index (χ1v) is 8.66. The third-order valence-corrected chi connectivity index (χ3v) is 4.01. The number of anilines is 1. The van der Waals surface area contributed by atoms with Crippen LogP contribution in [-0.4, -0.2) is 28.3 Å². The molecular formula is C21H18N4O3. The van der Waals surface area contributed by atoms with Crippen LogP contribution in [0.15, 0.2) is 53.3 Å². The van der Waals surface area contributed by atoms with Crippen molar-refractivity contribution in [3.8, 4) is 12.3 Å². The van der Waals surface area contributed by atoms with Gasteiger partial charge in [0, 0.05) is 24.1 Å². The van der Waals surface area contributed by atoms with Gasteiger partial charge in [-0.1, -0.05) is 24.1 Å². The Morgan fingerprint density at radius 3 is 2.75 bits per heavy atom. The number of hydrogen-bond donors (Lipinski definition) is 3. The summed E-state index contributed by atoms with van der Waals surface area (Å²) in [4.78, 5) is 43.0. The number of H-pyrrole nitrogens is 1. The monoisotopic (exact) mass is 374 g/mol. The summed E-state index contributed by atoms with van der Waals surface area (Å²) < 4.78 is 0. The minimum Gasteiger partial charge on any atom is -0.347 e. The van der Waals surface area contributed by atoms with Gasteiger partial charge < -0.3 is 15.6 Å². The summed E-state index contributed by atoms with van der Waals surface area (Å²) in [5.74, 6) is 2.23. The van der Waals surface area contributed by atoms with E-state index in [2.05, 4.69) is 26.5 Å². The molecule has 7 heteroatoms. The van der Waals surface area contributed by atoms with Gasteiger partial charge in [0.25, 0.3) is 5.56 Å². The highest BCUT2D eigenvalue weighted by Gasteiger charge is 2.09. The van der Waals surface area contributed by atoms with E-state index in [9.17, 15) is 14.4 Å². The number of carbonyl (C=O) groups is 2. The van der Waals surface area contributed by atoms with Crippen molar-refractivity contribution < 1.29 is 9.59 Å². The molecule has 0 unspecified atom stereocenters. The van der Waals surface area contributed by atoms with Crippen molar-refractivity contribution in [3.05, 3.63) is 70.3 Å². The maximum Gasteiger partial charge on any atom is 0.258 e. The summed E-state index contributed by atoms with van der Waals surface area (Å²) in [6.07, 6.45) is 5.68. The van der Waals surface area contributed by atoms with Gasteiger partial charge in [-0.3, -0.25) is 14.4 Å². The predicted molar refractivity (Wildman–Crippen MR) is 107 cm³/mol. The van der Waals surface area contributed by atoms with E-state index in [4.69, 9.17) is 6.42 Å². The maximum absolute atomic E-state index is 12.0. The number of aryl methyl sites for hydroxylation is 1. The molecule has 1 aromatic heterocycles. The fourth-order valence-electron chi connectivity index (χ4n) is 2.64. The van der Waals surface area contributed by atoms with E-state index in [1.807, 2.05) is 0 Å². The molecule has 0 aliphatic carbocycles. The minimum atomic E-state index is -0.361. The normalized spacial score (nSPS) is 10.2. The van der Waals surface area contributed by atoms with Crippen LogP contribution >= 0.6 is 0 Å². The number of carbonyl (C=O) groups excluding carboxylic acids is 2.